The minimum Gasteiger partial charge on any atom is -0.454 e. The molecule has 120 valence electrons. The van der Waals surface area contributed by atoms with Crippen LogP contribution in [0.3, 0.4) is 0 Å². The van der Waals surface area contributed by atoms with Gasteiger partial charge in [0, 0.05) is 32.0 Å². The number of pyridine rings is 1. The first kappa shape index (κ1) is 15.3. The van der Waals surface area contributed by atoms with Gasteiger partial charge in [0.15, 0.2) is 23.4 Å². The van der Waals surface area contributed by atoms with Crippen molar-refractivity contribution in [3.63, 3.8) is 0 Å². The molecule has 2 heterocycles. The summed E-state index contributed by atoms with van der Waals surface area (Å²) in [5, 5.41) is 2.98. The van der Waals surface area contributed by atoms with Crippen LogP contribution in [-0.2, 0) is 11.3 Å². The molecule has 1 amide bonds. The first-order chi connectivity index (χ1) is 11.1. The number of hydrogen-bond donors (Lipinski definition) is 1. The summed E-state index contributed by atoms with van der Waals surface area (Å²) < 4.78 is 12.6. The van der Waals surface area contributed by atoms with Gasteiger partial charge < -0.3 is 14.8 Å². The predicted octanol–water partition coefficient (Wildman–Crippen LogP) is 2.20. The van der Waals surface area contributed by atoms with Crippen LogP contribution in [0.5, 0.6) is 11.5 Å². The largest absolute Gasteiger partial charge is 0.454 e. The molecule has 0 aliphatic carbocycles. The molecule has 0 saturated heterocycles. The first-order valence-corrected chi connectivity index (χ1v) is 7.70. The minimum absolute atomic E-state index is 0.0126. The molecule has 1 atom stereocenters. The number of ether oxygens (including phenoxy) is 2. The number of nitrogens with zero attached hydrogens (tertiary/aromatic N) is 1. The zero-order valence-corrected chi connectivity index (χ0v) is 13.6. The van der Waals surface area contributed by atoms with Crippen molar-refractivity contribution >= 4 is 5.91 Å². The number of carbonyl (C=O) groups excluding carboxylic acids is 1. The maximum absolute atomic E-state index is 12.4. The molecule has 0 saturated carbocycles. The molecule has 3 rings (SSSR count). The van der Waals surface area contributed by atoms with E-state index in [1.807, 2.05) is 61.9 Å². The second-order valence-electron chi connectivity index (χ2n) is 5.77. The molecule has 1 aromatic carbocycles. The number of fused-ring (bicyclic) bond motifs is 1. The average molecular weight is 313 g/mol. The molecule has 0 spiro atoms. The van der Waals surface area contributed by atoms with Crippen LogP contribution in [0.1, 0.15) is 29.8 Å². The van der Waals surface area contributed by atoms with Gasteiger partial charge in [-0.05, 0) is 30.7 Å². The van der Waals surface area contributed by atoms with Crippen molar-refractivity contribution in [2.24, 2.45) is 0 Å². The third-order valence-corrected chi connectivity index (χ3v) is 4.25. The monoisotopic (exact) mass is 313 g/mol. The van der Waals surface area contributed by atoms with Gasteiger partial charge in [0.05, 0.1) is 0 Å². The molecule has 0 unspecified atom stereocenters. The Bertz CT molecular complexity index is 743. The lowest BCUT2D eigenvalue weighted by molar-refractivity contribution is -0.712. The summed E-state index contributed by atoms with van der Waals surface area (Å²) in [4.78, 5) is 12.4. The fourth-order valence-electron chi connectivity index (χ4n) is 2.65. The Morgan fingerprint density at radius 3 is 2.87 bits per heavy atom. The van der Waals surface area contributed by atoms with E-state index in [1.165, 1.54) is 5.56 Å². The Hall–Kier alpha value is -2.56. The molecular formula is C18H21N2O3+. The van der Waals surface area contributed by atoms with Crippen LogP contribution in [0.2, 0.25) is 0 Å². The molecule has 1 N–H and O–H groups in total. The summed E-state index contributed by atoms with van der Waals surface area (Å²) in [6.07, 6.45) is 1.94. The number of nitrogens with one attached hydrogen (secondary N) is 1. The van der Waals surface area contributed by atoms with Crippen molar-refractivity contribution in [2.45, 2.75) is 33.4 Å². The number of amides is 1. The molecule has 5 heteroatoms. The highest BCUT2D eigenvalue weighted by molar-refractivity contribution is 5.78. The highest BCUT2D eigenvalue weighted by Gasteiger charge is 2.24. The van der Waals surface area contributed by atoms with Gasteiger partial charge in [-0.1, -0.05) is 6.07 Å². The van der Waals surface area contributed by atoms with Gasteiger partial charge in [-0.2, -0.15) is 4.57 Å². The van der Waals surface area contributed by atoms with Crippen LogP contribution >= 0.6 is 0 Å². The van der Waals surface area contributed by atoms with E-state index in [4.69, 9.17) is 9.47 Å². The number of rotatable bonds is 4. The van der Waals surface area contributed by atoms with Crippen LogP contribution in [0.15, 0.2) is 36.5 Å². The Kier molecular flexibility index (Phi) is 4.19. The van der Waals surface area contributed by atoms with E-state index in [1.54, 1.807) is 0 Å². The van der Waals surface area contributed by atoms with E-state index < -0.39 is 0 Å². The van der Waals surface area contributed by atoms with E-state index in [-0.39, 0.29) is 18.7 Å². The molecule has 1 aromatic heterocycles. The Labute approximate surface area is 135 Å². The van der Waals surface area contributed by atoms with Gasteiger partial charge in [0.1, 0.15) is 0 Å². The van der Waals surface area contributed by atoms with E-state index in [2.05, 4.69) is 5.32 Å². The maximum Gasteiger partial charge on any atom is 0.289 e. The Morgan fingerprint density at radius 1 is 1.26 bits per heavy atom. The molecular weight excluding hydrogens is 292 g/mol. The van der Waals surface area contributed by atoms with E-state index in [0.29, 0.717) is 6.54 Å². The van der Waals surface area contributed by atoms with Crippen LogP contribution in [0, 0.1) is 13.8 Å². The van der Waals surface area contributed by atoms with Gasteiger partial charge in [-0.15, -0.1) is 0 Å². The van der Waals surface area contributed by atoms with E-state index >= 15 is 0 Å². The lowest BCUT2D eigenvalue weighted by Gasteiger charge is -2.11. The second kappa shape index (κ2) is 6.28. The van der Waals surface area contributed by atoms with Gasteiger partial charge in [0.25, 0.3) is 5.91 Å². The van der Waals surface area contributed by atoms with Crippen molar-refractivity contribution in [3.8, 4) is 11.5 Å². The highest BCUT2D eigenvalue weighted by atomic mass is 16.7. The third kappa shape index (κ3) is 3.13. The van der Waals surface area contributed by atoms with Gasteiger partial charge in [0.2, 0.25) is 12.8 Å². The number of carbonyl (C=O) groups is 1. The topological polar surface area (TPSA) is 51.4 Å². The summed E-state index contributed by atoms with van der Waals surface area (Å²) in [5.74, 6) is 1.47. The third-order valence-electron chi connectivity index (χ3n) is 4.25. The van der Waals surface area contributed by atoms with Crippen molar-refractivity contribution in [1.29, 1.82) is 0 Å². The average Bonchev–Trinajstić information content (AvgIpc) is 3.02. The molecule has 1 aliphatic rings. The SMILES string of the molecule is Cc1ccc[n+]([C@H](C)C(=O)NCc2ccc3c(c2)OCO3)c1C. The second-order valence-corrected chi connectivity index (χ2v) is 5.77. The fourth-order valence-corrected chi connectivity index (χ4v) is 2.65. The van der Waals surface area contributed by atoms with Gasteiger partial charge in [-0.3, -0.25) is 4.79 Å². The molecule has 5 nitrogen and oxygen atoms in total. The summed E-state index contributed by atoms with van der Waals surface area (Å²) in [6.45, 7) is 6.69. The summed E-state index contributed by atoms with van der Waals surface area (Å²) in [6, 6.07) is 9.45. The van der Waals surface area contributed by atoms with Crippen LogP contribution < -0.4 is 19.4 Å². The molecule has 0 bridgehead atoms. The highest BCUT2D eigenvalue weighted by Crippen LogP contribution is 2.32. The number of benzene rings is 1. The lowest BCUT2D eigenvalue weighted by Crippen LogP contribution is -2.48. The van der Waals surface area contributed by atoms with Gasteiger partial charge >= 0.3 is 0 Å². The summed E-state index contributed by atoms with van der Waals surface area (Å²) in [5.41, 5.74) is 3.25. The molecule has 0 fully saturated rings. The van der Waals surface area contributed by atoms with Crippen LogP contribution in [0.4, 0.5) is 0 Å². The van der Waals surface area contributed by atoms with Crippen molar-refractivity contribution in [1.82, 2.24) is 5.32 Å². The molecule has 2 aromatic rings. The molecule has 23 heavy (non-hydrogen) atoms. The zero-order chi connectivity index (χ0) is 16.4. The van der Waals surface area contributed by atoms with E-state index in [0.717, 1.165) is 22.8 Å². The normalized spacial score (nSPS) is 13.7. The smallest absolute Gasteiger partial charge is 0.289 e. The zero-order valence-electron chi connectivity index (χ0n) is 13.6. The maximum atomic E-state index is 12.4. The van der Waals surface area contributed by atoms with Gasteiger partial charge in [-0.25, -0.2) is 0 Å². The van der Waals surface area contributed by atoms with E-state index in [9.17, 15) is 4.79 Å². The molecule has 1 aliphatic heterocycles. The fraction of sp³-hybridized carbons (Fsp3) is 0.333. The lowest BCUT2D eigenvalue weighted by atomic mass is 10.1. The minimum atomic E-state index is -0.260. The summed E-state index contributed by atoms with van der Waals surface area (Å²) >= 11 is 0. The summed E-state index contributed by atoms with van der Waals surface area (Å²) in [7, 11) is 0. The first-order valence-electron chi connectivity index (χ1n) is 7.70. The number of aryl methyl sites for hydroxylation is 1. The van der Waals surface area contributed by atoms with Crippen LogP contribution in [-0.4, -0.2) is 12.7 Å². The van der Waals surface area contributed by atoms with Crippen molar-refractivity contribution in [2.75, 3.05) is 6.79 Å². The Balaban J connectivity index is 1.66. The van der Waals surface area contributed by atoms with Crippen molar-refractivity contribution < 1.29 is 18.8 Å². The molecule has 0 radical (unpaired) electrons. The predicted molar refractivity (Wildman–Crippen MR) is 85.2 cm³/mol. The Morgan fingerprint density at radius 2 is 2.04 bits per heavy atom. The quantitative estimate of drug-likeness (QED) is 0.881. The number of hydrogen-bond acceptors (Lipinski definition) is 3. The standard InChI is InChI=1S/C18H20N2O3/c1-12-5-4-8-20(13(12)2)14(3)18(21)19-10-15-6-7-16-17(9-15)23-11-22-16/h4-9,14H,10-11H2,1-3H3/p+1/t14-/m1/s1. The number of aromatic nitrogens is 1. The van der Waals surface area contributed by atoms with Crippen molar-refractivity contribution in [3.05, 3.63) is 53.3 Å². The van der Waals surface area contributed by atoms with Crippen LogP contribution in [0.25, 0.3) is 0 Å².